The zero-order valence-corrected chi connectivity index (χ0v) is 16.1. The van der Waals surface area contributed by atoms with Gasteiger partial charge in [-0.15, -0.1) is 0 Å². The molecule has 1 fully saturated rings. The van der Waals surface area contributed by atoms with E-state index in [2.05, 4.69) is 18.0 Å². The highest BCUT2D eigenvalue weighted by molar-refractivity contribution is 6.42. The molecule has 138 valence electrons. The number of rotatable bonds is 4. The van der Waals surface area contributed by atoms with E-state index < -0.39 is 0 Å². The van der Waals surface area contributed by atoms with Crippen molar-refractivity contribution in [2.75, 3.05) is 31.5 Å². The van der Waals surface area contributed by atoms with Crippen molar-refractivity contribution in [3.63, 3.8) is 0 Å². The second kappa shape index (κ2) is 8.74. The molecule has 6 nitrogen and oxygen atoms in total. The molecule has 0 radical (unpaired) electrons. The van der Waals surface area contributed by atoms with Gasteiger partial charge in [0, 0.05) is 37.8 Å². The molecule has 1 aromatic carbocycles. The standard InChI is InChI=1S/C17H24Cl2N4O2/c1-3-11(2)15(20)16(24)22-6-8-23(9-7-22)17(25)21-12-4-5-13(18)14(19)10-12/h4-5,10-11,15H,3,6-9,20H2,1-2H3,(H,21,25)/p+1/t11-,15-/m1/s1. The Morgan fingerprint density at radius 1 is 1.16 bits per heavy atom. The van der Waals surface area contributed by atoms with Gasteiger partial charge >= 0.3 is 6.03 Å². The van der Waals surface area contributed by atoms with E-state index >= 15 is 0 Å². The fourth-order valence-electron chi connectivity index (χ4n) is 2.67. The van der Waals surface area contributed by atoms with Gasteiger partial charge in [-0.2, -0.15) is 0 Å². The van der Waals surface area contributed by atoms with Gasteiger partial charge in [-0.05, 0) is 24.6 Å². The highest BCUT2D eigenvalue weighted by Gasteiger charge is 2.31. The summed E-state index contributed by atoms with van der Waals surface area (Å²) in [5, 5.41) is 3.63. The maximum Gasteiger partial charge on any atom is 0.321 e. The van der Waals surface area contributed by atoms with Gasteiger partial charge in [-0.1, -0.05) is 37.0 Å². The van der Waals surface area contributed by atoms with Crippen LogP contribution in [0.5, 0.6) is 0 Å². The van der Waals surface area contributed by atoms with Crippen LogP contribution in [0.1, 0.15) is 20.3 Å². The van der Waals surface area contributed by atoms with E-state index in [1.807, 2.05) is 6.92 Å². The number of anilines is 1. The summed E-state index contributed by atoms with van der Waals surface area (Å²) < 4.78 is 0. The van der Waals surface area contributed by atoms with Crippen molar-refractivity contribution >= 4 is 40.8 Å². The Morgan fingerprint density at radius 3 is 2.32 bits per heavy atom. The van der Waals surface area contributed by atoms with Crippen molar-refractivity contribution in [1.29, 1.82) is 0 Å². The lowest BCUT2D eigenvalue weighted by Crippen LogP contribution is -2.71. The Morgan fingerprint density at radius 2 is 1.76 bits per heavy atom. The number of halogens is 2. The minimum absolute atomic E-state index is 0.0684. The van der Waals surface area contributed by atoms with E-state index in [1.165, 1.54) is 0 Å². The number of nitrogens with zero attached hydrogens (tertiary/aromatic N) is 2. The number of piperazine rings is 1. The number of carbonyl (C=O) groups is 2. The smallest absolute Gasteiger partial charge is 0.321 e. The van der Waals surface area contributed by atoms with Crippen molar-refractivity contribution in [1.82, 2.24) is 9.80 Å². The molecule has 1 aromatic rings. The summed E-state index contributed by atoms with van der Waals surface area (Å²) in [6.07, 6.45) is 0.923. The Balaban J connectivity index is 1.87. The second-order valence-electron chi connectivity index (χ2n) is 6.36. The first-order chi connectivity index (χ1) is 11.8. The molecule has 2 atom stereocenters. The predicted molar refractivity (Wildman–Crippen MR) is 99.8 cm³/mol. The SMILES string of the molecule is CC[C@@H](C)[C@@H]([NH3+])C(=O)N1CCN(C(=O)Nc2ccc(Cl)c(Cl)c2)CC1. The molecular formula is C17H25Cl2N4O2+. The Labute approximate surface area is 158 Å². The summed E-state index contributed by atoms with van der Waals surface area (Å²) in [6.45, 7) is 6.13. The monoisotopic (exact) mass is 387 g/mol. The van der Waals surface area contributed by atoms with E-state index in [0.29, 0.717) is 41.9 Å². The first-order valence-corrected chi connectivity index (χ1v) is 9.22. The van der Waals surface area contributed by atoms with Crippen LogP contribution < -0.4 is 11.1 Å². The molecule has 1 heterocycles. The number of hydrogen-bond donors (Lipinski definition) is 2. The van der Waals surface area contributed by atoms with E-state index in [4.69, 9.17) is 23.2 Å². The molecule has 0 unspecified atom stereocenters. The number of nitrogens with one attached hydrogen (secondary N) is 1. The lowest BCUT2D eigenvalue weighted by molar-refractivity contribution is -0.417. The van der Waals surface area contributed by atoms with Crippen molar-refractivity contribution < 1.29 is 15.3 Å². The van der Waals surface area contributed by atoms with Crippen LogP contribution in [0.15, 0.2) is 18.2 Å². The lowest BCUT2D eigenvalue weighted by atomic mass is 9.98. The molecule has 4 N–H and O–H groups in total. The van der Waals surface area contributed by atoms with Crippen LogP contribution in [0.4, 0.5) is 10.5 Å². The number of benzene rings is 1. The van der Waals surface area contributed by atoms with Crippen LogP contribution in [-0.4, -0.2) is 54.0 Å². The van der Waals surface area contributed by atoms with Gasteiger partial charge in [0.1, 0.15) is 0 Å². The van der Waals surface area contributed by atoms with Crippen molar-refractivity contribution in [3.8, 4) is 0 Å². The lowest BCUT2D eigenvalue weighted by Gasteiger charge is -2.35. The average Bonchev–Trinajstić information content (AvgIpc) is 2.63. The minimum atomic E-state index is -0.235. The summed E-state index contributed by atoms with van der Waals surface area (Å²) in [5.41, 5.74) is 4.59. The Bertz CT molecular complexity index is 633. The average molecular weight is 388 g/mol. The third-order valence-electron chi connectivity index (χ3n) is 4.70. The summed E-state index contributed by atoms with van der Waals surface area (Å²) >= 11 is 11.8. The van der Waals surface area contributed by atoms with Gasteiger partial charge in [0.2, 0.25) is 0 Å². The molecule has 0 saturated carbocycles. The van der Waals surface area contributed by atoms with E-state index in [9.17, 15) is 9.59 Å². The second-order valence-corrected chi connectivity index (χ2v) is 7.18. The maximum atomic E-state index is 12.5. The molecule has 0 aromatic heterocycles. The first-order valence-electron chi connectivity index (χ1n) is 8.46. The summed E-state index contributed by atoms with van der Waals surface area (Å²) in [7, 11) is 0. The highest BCUT2D eigenvalue weighted by atomic mass is 35.5. The number of amides is 3. The van der Waals surface area contributed by atoms with Crippen LogP contribution in [0.3, 0.4) is 0 Å². The Hall–Kier alpha value is -1.50. The van der Waals surface area contributed by atoms with Crippen LogP contribution in [0, 0.1) is 5.92 Å². The molecule has 2 rings (SSSR count). The van der Waals surface area contributed by atoms with Gasteiger partial charge in [0.05, 0.1) is 10.0 Å². The molecule has 1 aliphatic heterocycles. The molecule has 0 aliphatic carbocycles. The quantitative estimate of drug-likeness (QED) is 0.830. The fraction of sp³-hybridized carbons (Fsp3) is 0.529. The summed E-state index contributed by atoms with van der Waals surface area (Å²) in [6, 6.07) is 4.51. The van der Waals surface area contributed by atoms with Gasteiger partial charge in [0.25, 0.3) is 5.91 Å². The molecule has 1 aliphatic rings. The molecule has 3 amide bonds. The Kier molecular flexibility index (Phi) is 6.93. The molecule has 25 heavy (non-hydrogen) atoms. The molecule has 0 spiro atoms. The topological polar surface area (TPSA) is 80.3 Å². The van der Waals surface area contributed by atoms with E-state index in [-0.39, 0.29) is 23.9 Å². The van der Waals surface area contributed by atoms with Crippen LogP contribution >= 0.6 is 23.2 Å². The zero-order valence-electron chi connectivity index (χ0n) is 14.6. The predicted octanol–water partition coefficient (Wildman–Crippen LogP) is 2.33. The summed E-state index contributed by atoms with van der Waals surface area (Å²) in [4.78, 5) is 28.3. The maximum absolute atomic E-state index is 12.5. The van der Waals surface area contributed by atoms with Crippen molar-refractivity contribution in [3.05, 3.63) is 28.2 Å². The molecular weight excluding hydrogens is 363 g/mol. The number of hydrogen-bond acceptors (Lipinski definition) is 2. The van der Waals surface area contributed by atoms with Crippen molar-refractivity contribution in [2.45, 2.75) is 26.3 Å². The van der Waals surface area contributed by atoms with Gasteiger partial charge in [-0.3, -0.25) is 4.79 Å². The largest absolute Gasteiger partial charge is 0.347 e. The molecule has 1 saturated heterocycles. The van der Waals surface area contributed by atoms with Crippen molar-refractivity contribution in [2.24, 2.45) is 5.92 Å². The van der Waals surface area contributed by atoms with Gasteiger partial charge < -0.3 is 20.9 Å². The molecule has 0 bridgehead atoms. The van der Waals surface area contributed by atoms with E-state index in [0.717, 1.165) is 6.42 Å². The fourth-order valence-corrected chi connectivity index (χ4v) is 2.97. The van der Waals surface area contributed by atoms with Gasteiger partial charge in [-0.25, -0.2) is 4.79 Å². The zero-order chi connectivity index (χ0) is 18.6. The molecule has 8 heteroatoms. The highest BCUT2D eigenvalue weighted by Crippen LogP contribution is 2.25. The summed E-state index contributed by atoms with van der Waals surface area (Å²) in [5.74, 6) is 0.322. The number of quaternary nitrogens is 1. The van der Waals surface area contributed by atoms with Crippen LogP contribution in [-0.2, 0) is 4.79 Å². The third kappa shape index (κ3) is 5.00. The van der Waals surface area contributed by atoms with Crippen LogP contribution in [0.25, 0.3) is 0 Å². The van der Waals surface area contributed by atoms with Crippen LogP contribution in [0.2, 0.25) is 10.0 Å². The minimum Gasteiger partial charge on any atom is -0.347 e. The van der Waals surface area contributed by atoms with E-state index in [1.54, 1.807) is 28.0 Å². The first kappa shape index (κ1) is 19.8. The third-order valence-corrected chi connectivity index (χ3v) is 5.44. The number of urea groups is 1. The van der Waals surface area contributed by atoms with Gasteiger partial charge in [0.15, 0.2) is 6.04 Å². The normalized spacial score (nSPS) is 17.2. The number of carbonyl (C=O) groups excluding carboxylic acids is 2.